The molecule has 0 aromatic heterocycles. The summed E-state index contributed by atoms with van der Waals surface area (Å²) in [6.45, 7) is 0.264. The lowest BCUT2D eigenvalue weighted by Gasteiger charge is -2.05. The molecule has 0 atom stereocenters. The Morgan fingerprint density at radius 2 is 2.00 bits per heavy atom. The monoisotopic (exact) mass is 268 g/mol. The van der Waals surface area contributed by atoms with E-state index in [1.807, 2.05) is 0 Å². The molecule has 6 heteroatoms. The van der Waals surface area contributed by atoms with E-state index in [0.717, 1.165) is 0 Å². The Morgan fingerprint density at radius 3 is 2.53 bits per heavy atom. The number of carbonyl (C=O) groups excluding carboxylic acids is 1. The van der Waals surface area contributed by atoms with Crippen LogP contribution in [0.2, 0.25) is 10.0 Å². The first-order valence-electron chi connectivity index (χ1n) is 4.03. The molecule has 0 saturated carbocycles. The molecule has 0 fully saturated rings. The van der Waals surface area contributed by atoms with Crippen molar-refractivity contribution in [2.45, 2.75) is 0 Å². The van der Waals surface area contributed by atoms with Gasteiger partial charge in [0.25, 0.3) is 0 Å². The van der Waals surface area contributed by atoms with Crippen molar-refractivity contribution in [3.05, 3.63) is 28.2 Å². The van der Waals surface area contributed by atoms with Gasteiger partial charge in [0, 0.05) is 5.69 Å². The maximum Gasteiger partial charge on any atom is 0.238 e. The minimum Gasteiger partial charge on any atom is -0.325 e. The topological polar surface area (TPSA) is 41.1 Å². The Morgan fingerprint density at radius 1 is 1.33 bits per heavy atom. The molecule has 0 saturated heterocycles. The molecule has 0 unspecified atom stereocenters. The SMILES string of the molecule is CNCC(=O)Nc1ccc(Cl)c(Cl)c1.Cl. The average molecular weight is 270 g/mol. The van der Waals surface area contributed by atoms with Crippen molar-refractivity contribution in [2.24, 2.45) is 0 Å². The molecule has 0 aliphatic heterocycles. The van der Waals surface area contributed by atoms with Crippen molar-refractivity contribution in [2.75, 3.05) is 18.9 Å². The van der Waals surface area contributed by atoms with E-state index in [4.69, 9.17) is 23.2 Å². The number of halogens is 3. The number of likely N-dealkylation sites (N-methyl/N-ethyl adjacent to an activating group) is 1. The van der Waals surface area contributed by atoms with E-state index in [-0.39, 0.29) is 24.9 Å². The summed E-state index contributed by atoms with van der Waals surface area (Å²) in [6.07, 6.45) is 0. The van der Waals surface area contributed by atoms with Crippen molar-refractivity contribution in [1.82, 2.24) is 5.32 Å². The van der Waals surface area contributed by atoms with Crippen LogP contribution in [0.3, 0.4) is 0 Å². The van der Waals surface area contributed by atoms with Crippen LogP contribution in [0.15, 0.2) is 18.2 Å². The number of amides is 1. The first-order chi connectivity index (χ1) is 6.63. The Kier molecular flexibility index (Phi) is 6.68. The van der Waals surface area contributed by atoms with Crippen LogP contribution in [0.4, 0.5) is 5.69 Å². The number of rotatable bonds is 3. The first kappa shape index (κ1) is 14.5. The van der Waals surface area contributed by atoms with Gasteiger partial charge < -0.3 is 10.6 Å². The number of carbonyl (C=O) groups is 1. The van der Waals surface area contributed by atoms with Crippen LogP contribution in [0.1, 0.15) is 0 Å². The molecule has 0 aliphatic carbocycles. The highest BCUT2D eigenvalue weighted by atomic mass is 35.5. The van der Waals surface area contributed by atoms with Gasteiger partial charge in [-0.2, -0.15) is 0 Å². The van der Waals surface area contributed by atoms with Crippen LogP contribution in [0, 0.1) is 0 Å². The summed E-state index contributed by atoms with van der Waals surface area (Å²) >= 11 is 11.5. The predicted molar refractivity (Wildman–Crippen MR) is 66.3 cm³/mol. The van der Waals surface area contributed by atoms with Gasteiger partial charge in [-0.25, -0.2) is 0 Å². The molecule has 15 heavy (non-hydrogen) atoms. The molecule has 0 spiro atoms. The number of hydrogen-bond donors (Lipinski definition) is 2. The largest absolute Gasteiger partial charge is 0.325 e. The maximum absolute atomic E-state index is 11.2. The summed E-state index contributed by atoms with van der Waals surface area (Å²) in [7, 11) is 1.70. The van der Waals surface area contributed by atoms with Crippen LogP contribution in [0.5, 0.6) is 0 Å². The van der Waals surface area contributed by atoms with E-state index in [2.05, 4.69) is 10.6 Å². The highest BCUT2D eigenvalue weighted by molar-refractivity contribution is 6.42. The van der Waals surface area contributed by atoms with Crippen molar-refractivity contribution in [3.63, 3.8) is 0 Å². The molecule has 1 rings (SSSR count). The summed E-state index contributed by atoms with van der Waals surface area (Å²) < 4.78 is 0. The lowest BCUT2D eigenvalue weighted by molar-refractivity contribution is -0.115. The number of hydrogen-bond acceptors (Lipinski definition) is 2. The van der Waals surface area contributed by atoms with Crippen molar-refractivity contribution in [3.8, 4) is 0 Å². The standard InChI is InChI=1S/C9H10Cl2N2O.ClH/c1-12-5-9(14)13-6-2-3-7(10)8(11)4-6;/h2-4,12H,5H2,1H3,(H,13,14);1H. The Hall–Kier alpha value is -0.480. The number of anilines is 1. The summed E-state index contributed by atoms with van der Waals surface area (Å²) in [5, 5.41) is 6.30. The molecule has 2 N–H and O–H groups in total. The summed E-state index contributed by atoms with van der Waals surface area (Å²) in [4.78, 5) is 11.2. The third kappa shape index (κ3) is 4.71. The van der Waals surface area contributed by atoms with E-state index in [1.54, 1.807) is 25.2 Å². The normalized spacial score (nSPS) is 9.27. The average Bonchev–Trinajstić information content (AvgIpc) is 2.12. The molecule has 0 bridgehead atoms. The van der Waals surface area contributed by atoms with E-state index in [1.165, 1.54) is 0 Å². The van der Waals surface area contributed by atoms with Gasteiger partial charge in [0.2, 0.25) is 5.91 Å². The maximum atomic E-state index is 11.2. The van der Waals surface area contributed by atoms with Crippen LogP contribution in [0.25, 0.3) is 0 Å². The van der Waals surface area contributed by atoms with Crippen LogP contribution in [-0.4, -0.2) is 19.5 Å². The fourth-order valence-corrected chi connectivity index (χ4v) is 1.24. The summed E-state index contributed by atoms with van der Waals surface area (Å²) in [6, 6.07) is 4.94. The molecular formula is C9H11Cl3N2O. The fraction of sp³-hybridized carbons (Fsp3) is 0.222. The van der Waals surface area contributed by atoms with Crippen molar-refractivity contribution >= 4 is 47.2 Å². The van der Waals surface area contributed by atoms with Crippen LogP contribution < -0.4 is 10.6 Å². The van der Waals surface area contributed by atoms with Gasteiger partial charge in [-0.3, -0.25) is 4.79 Å². The van der Waals surface area contributed by atoms with Gasteiger partial charge in [0.05, 0.1) is 16.6 Å². The van der Waals surface area contributed by atoms with E-state index in [9.17, 15) is 4.79 Å². The van der Waals surface area contributed by atoms with E-state index < -0.39 is 0 Å². The molecule has 1 amide bonds. The highest BCUT2D eigenvalue weighted by Gasteiger charge is 2.02. The molecule has 1 aromatic rings. The van der Waals surface area contributed by atoms with Crippen molar-refractivity contribution < 1.29 is 4.79 Å². The minimum atomic E-state index is -0.120. The predicted octanol–water partition coefficient (Wildman–Crippen LogP) is 2.57. The Labute approximate surface area is 105 Å². The van der Waals surface area contributed by atoms with Gasteiger partial charge >= 0.3 is 0 Å². The molecular weight excluding hydrogens is 258 g/mol. The molecule has 0 heterocycles. The van der Waals surface area contributed by atoms with E-state index >= 15 is 0 Å². The Balaban J connectivity index is 0.00000196. The first-order valence-corrected chi connectivity index (χ1v) is 4.78. The second kappa shape index (κ2) is 6.90. The van der Waals surface area contributed by atoms with Gasteiger partial charge in [-0.15, -0.1) is 12.4 Å². The molecule has 0 radical (unpaired) electrons. The molecule has 84 valence electrons. The van der Waals surface area contributed by atoms with Crippen molar-refractivity contribution in [1.29, 1.82) is 0 Å². The molecule has 3 nitrogen and oxygen atoms in total. The van der Waals surface area contributed by atoms with Gasteiger partial charge in [-0.05, 0) is 25.2 Å². The smallest absolute Gasteiger partial charge is 0.238 e. The van der Waals surface area contributed by atoms with Gasteiger partial charge in [-0.1, -0.05) is 23.2 Å². The third-order valence-corrected chi connectivity index (χ3v) is 2.28. The number of nitrogens with one attached hydrogen (secondary N) is 2. The molecule has 1 aromatic carbocycles. The van der Waals surface area contributed by atoms with E-state index in [0.29, 0.717) is 15.7 Å². The Bertz CT molecular complexity index is 344. The van der Waals surface area contributed by atoms with Crippen LogP contribution >= 0.6 is 35.6 Å². The minimum absolute atomic E-state index is 0. The number of benzene rings is 1. The zero-order valence-electron chi connectivity index (χ0n) is 8.01. The second-order valence-corrected chi connectivity index (χ2v) is 3.52. The second-order valence-electron chi connectivity index (χ2n) is 2.71. The molecule has 0 aliphatic rings. The highest BCUT2D eigenvalue weighted by Crippen LogP contribution is 2.24. The third-order valence-electron chi connectivity index (χ3n) is 1.54. The zero-order chi connectivity index (χ0) is 10.6. The lowest BCUT2D eigenvalue weighted by atomic mass is 10.3. The zero-order valence-corrected chi connectivity index (χ0v) is 10.3. The summed E-state index contributed by atoms with van der Waals surface area (Å²) in [5.41, 5.74) is 0.639. The van der Waals surface area contributed by atoms with Crippen LogP contribution in [-0.2, 0) is 4.79 Å². The lowest BCUT2D eigenvalue weighted by Crippen LogP contribution is -2.24. The van der Waals surface area contributed by atoms with Gasteiger partial charge in [0.1, 0.15) is 0 Å². The summed E-state index contributed by atoms with van der Waals surface area (Å²) in [5.74, 6) is -0.120. The fourth-order valence-electron chi connectivity index (χ4n) is 0.940. The van der Waals surface area contributed by atoms with Gasteiger partial charge in [0.15, 0.2) is 0 Å². The quantitative estimate of drug-likeness (QED) is 0.885.